The highest BCUT2D eigenvalue weighted by Crippen LogP contribution is 2.35. The van der Waals surface area contributed by atoms with Crippen LogP contribution in [0.2, 0.25) is 0 Å². The quantitative estimate of drug-likeness (QED) is 0.839. The van der Waals surface area contributed by atoms with Crippen molar-refractivity contribution in [2.45, 2.75) is 13.0 Å². The summed E-state index contributed by atoms with van der Waals surface area (Å²) in [7, 11) is 0. The first-order valence-corrected chi connectivity index (χ1v) is 5.14. The summed E-state index contributed by atoms with van der Waals surface area (Å²) in [5.74, 6) is 0. The minimum absolute atomic E-state index is 0.384. The average Bonchev–Trinajstić information content (AvgIpc) is 2.10. The number of halogens is 2. The van der Waals surface area contributed by atoms with Gasteiger partial charge in [-0.05, 0) is 44.8 Å². The van der Waals surface area contributed by atoms with Crippen LogP contribution in [0.1, 0.15) is 17.9 Å². The van der Waals surface area contributed by atoms with Crippen LogP contribution < -0.4 is 0 Å². The van der Waals surface area contributed by atoms with Crippen LogP contribution in [-0.2, 0) is 0 Å². The molecule has 0 saturated carbocycles. The van der Waals surface area contributed by atoms with Gasteiger partial charge in [0, 0.05) is 9.35 Å². The van der Waals surface area contributed by atoms with E-state index >= 15 is 0 Å². The van der Waals surface area contributed by atoms with Crippen molar-refractivity contribution in [1.29, 1.82) is 0 Å². The molecule has 56 valence electrons. The smallest absolute Gasteiger partial charge is 0.0865 e. The molecule has 0 aliphatic carbocycles. The third-order valence-corrected chi connectivity index (χ3v) is 3.79. The zero-order valence-electron chi connectivity index (χ0n) is 5.27. The SMILES string of the molecule is C[C@H](O)c1sc(Br)cc1Br. The van der Waals surface area contributed by atoms with Gasteiger partial charge in [0.1, 0.15) is 0 Å². The fraction of sp³-hybridized carbons (Fsp3) is 0.333. The molecule has 0 aliphatic rings. The van der Waals surface area contributed by atoms with Crippen molar-refractivity contribution in [3.63, 3.8) is 0 Å². The van der Waals surface area contributed by atoms with E-state index in [0.717, 1.165) is 13.1 Å². The Balaban J connectivity index is 3.03. The number of rotatable bonds is 1. The van der Waals surface area contributed by atoms with Gasteiger partial charge in [0.25, 0.3) is 0 Å². The van der Waals surface area contributed by atoms with Crippen molar-refractivity contribution in [2.75, 3.05) is 0 Å². The van der Waals surface area contributed by atoms with Gasteiger partial charge in [-0.1, -0.05) is 0 Å². The van der Waals surface area contributed by atoms with Crippen molar-refractivity contribution in [2.24, 2.45) is 0 Å². The number of aliphatic hydroxyl groups is 1. The molecule has 4 heteroatoms. The summed E-state index contributed by atoms with van der Waals surface area (Å²) in [4.78, 5) is 0.965. The topological polar surface area (TPSA) is 20.2 Å². The highest BCUT2D eigenvalue weighted by Gasteiger charge is 2.09. The van der Waals surface area contributed by atoms with Gasteiger partial charge in [-0.15, -0.1) is 11.3 Å². The van der Waals surface area contributed by atoms with Crippen LogP contribution in [-0.4, -0.2) is 5.11 Å². The normalized spacial score (nSPS) is 13.6. The maximum absolute atomic E-state index is 9.18. The molecule has 0 radical (unpaired) electrons. The number of hydrogen-bond donors (Lipinski definition) is 1. The zero-order valence-corrected chi connectivity index (χ0v) is 9.25. The van der Waals surface area contributed by atoms with E-state index in [1.54, 1.807) is 18.3 Å². The summed E-state index contributed by atoms with van der Waals surface area (Å²) in [6.07, 6.45) is -0.384. The first kappa shape index (κ1) is 8.71. The Kier molecular flexibility index (Phi) is 2.91. The van der Waals surface area contributed by atoms with Gasteiger partial charge in [0.2, 0.25) is 0 Å². The molecule has 1 N–H and O–H groups in total. The number of thiophene rings is 1. The molecule has 0 saturated heterocycles. The standard InChI is InChI=1S/C6H6Br2OS/c1-3(9)6-4(7)2-5(8)10-6/h2-3,9H,1H3/t3-/m0/s1. The molecule has 0 amide bonds. The Labute approximate surface area is 80.3 Å². The Morgan fingerprint density at radius 2 is 2.20 bits per heavy atom. The molecule has 1 nitrogen and oxygen atoms in total. The zero-order chi connectivity index (χ0) is 7.72. The van der Waals surface area contributed by atoms with E-state index in [2.05, 4.69) is 31.9 Å². The highest BCUT2D eigenvalue weighted by atomic mass is 79.9. The van der Waals surface area contributed by atoms with E-state index in [1.165, 1.54) is 0 Å². The number of aliphatic hydroxyl groups excluding tert-OH is 1. The summed E-state index contributed by atoms with van der Waals surface area (Å²) in [6.45, 7) is 1.75. The van der Waals surface area contributed by atoms with Gasteiger partial charge in [0.05, 0.1) is 9.89 Å². The lowest BCUT2D eigenvalue weighted by atomic mass is 10.3. The summed E-state index contributed by atoms with van der Waals surface area (Å²) < 4.78 is 2.01. The van der Waals surface area contributed by atoms with Crippen LogP contribution >= 0.6 is 43.2 Å². The molecule has 0 spiro atoms. The Hall–Kier alpha value is 0.620. The molecule has 1 aromatic heterocycles. The van der Waals surface area contributed by atoms with E-state index < -0.39 is 0 Å². The van der Waals surface area contributed by atoms with E-state index in [0.29, 0.717) is 0 Å². The second-order valence-electron chi connectivity index (χ2n) is 1.94. The van der Waals surface area contributed by atoms with Crippen LogP contribution in [0.25, 0.3) is 0 Å². The highest BCUT2D eigenvalue weighted by molar-refractivity contribution is 9.11. The van der Waals surface area contributed by atoms with Gasteiger partial charge < -0.3 is 5.11 Å². The Bertz CT molecular complexity index is 232. The minimum atomic E-state index is -0.384. The van der Waals surface area contributed by atoms with E-state index in [1.807, 2.05) is 6.07 Å². The molecule has 1 heterocycles. The van der Waals surface area contributed by atoms with Crippen LogP contribution in [0.15, 0.2) is 14.3 Å². The second-order valence-corrected chi connectivity index (χ2v) is 5.26. The Morgan fingerprint density at radius 1 is 1.60 bits per heavy atom. The molecule has 10 heavy (non-hydrogen) atoms. The molecule has 0 aromatic carbocycles. The molecule has 1 rings (SSSR count). The molecular formula is C6H6Br2OS. The second kappa shape index (κ2) is 3.34. The molecule has 1 atom stereocenters. The van der Waals surface area contributed by atoms with Crippen molar-refractivity contribution < 1.29 is 5.11 Å². The van der Waals surface area contributed by atoms with Crippen molar-refractivity contribution in [3.8, 4) is 0 Å². The Morgan fingerprint density at radius 3 is 2.40 bits per heavy atom. The van der Waals surface area contributed by atoms with Crippen LogP contribution in [0.5, 0.6) is 0 Å². The lowest BCUT2D eigenvalue weighted by molar-refractivity contribution is 0.202. The third-order valence-electron chi connectivity index (χ3n) is 1.06. The maximum Gasteiger partial charge on any atom is 0.0865 e. The molecule has 0 unspecified atom stereocenters. The number of hydrogen-bond acceptors (Lipinski definition) is 2. The van der Waals surface area contributed by atoms with E-state index in [-0.39, 0.29) is 6.10 Å². The summed E-state index contributed by atoms with van der Waals surface area (Å²) in [6, 6.07) is 1.94. The molecular weight excluding hydrogens is 280 g/mol. The largest absolute Gasteiger partial charge is 0.388 e. The van der Waals surface area contributed by atoms with Crippen molar-refractivity contribution in [1.82, 2.24) is 0 Å². The van der Waals surface area contributed by atoms with Gasteiger partial charge in [0.15, 0.2) is 0 Å². The van der Waals surface area contributed by atoms with E-state index in [9.17, 15) is 5.11 Å². The van der Waals surface area contributed by atoms with Gasteiger partial charge >= 0.3 is 0 Å². The first-order chi connectivity index (χ1) is 4.61. The van der Waals surface area contributed by atoms with E-state index in [4.69, 9.17) is 0 Å². The van der Waals surface area contributed by atoms with Gasteiger partial charge in [-0.3, -0.25) is 0 Å². The molecule has 0 fully saturated rings. The fourth-order valence-corrected chi connectivity index (χ4v) is 3.37. The molecule has 0 bridgehead atoms. The summed E-state index contributed by atoms with van der Waals surface area (Å²) in [5, 5.41) is 9.18. The molecule has 1 aromatic rings. The predicted molar refractivity (Wildman–Crippen MR) is 50.4 cm³/mol. The lowest BCUT2D eigenvalue weighted by Crippen LogP contribution is -1.85. The van der Waals surface area contributed by atoms with Gasteiger partial charge in [-0.25, -0.2) is 0 Å². The first-order valence-electron chi connectivity index (χ1n) is 2.74. The minimum Gasteiger partial charge on any atom is -0.388 e. The fourth-order valence-electron chi connectivity index (χ4n) is 0.639. The third kappa shape index (κ3) is 1.81. The summed E-state index contributed by atoms with van der Waals surface area (Å²) in [5.41, 5.74) is 0. The lowest BCUT2D eigenvalue weighted by Gasteiger charge is -1.98. The summed E-state index contributed by atoms with van der Waals surface area (Å²) >= 11 is 8.21. The maximum atomic E-state index is 9.18. The van der Waals surface area contributed by atoms with Crippen molar-refractivity contribution in [3.05, 3.63) is 19.2 Å². The van der Waals surface area contributed by atoms with Gasteiger partial charge in [-0.2, -0.15) is 0 Å². The molecule has 0 aliphatic heterocycles. The van der Waals surface area contributed by atoms with Crippen LogP contribution in [0.4, 0.5) is 0 Å². The van der Waals surface area contributed by atoms with Crippen LogP contribution in [0, 0.1) is 0 Å². The predicted octanol–water partition coefficient (Wildman–Crippen LogP) is 3.33. The average molecular weight is 286 g/mol. The van der Waals surface area contributed by atoms with Crippen LogP contribution in [0.3, 0.4) is 0 Å². The van der Waals surface area contributed by atoms with Crippen molar-refractivity contribution >= 4 is 43.2 Å². The monoisotopic (exact) mass is 284 g/mol.